The Labute approximate surface area is 161 Å². The number of carboxylic acid groups (broad SMARTS) is 1. The molecule has 0 saturated carbocycles. The van der Waals surface area contributed by atoms with Crippen molar-refractivity contribution in [1.29, 1.82) is 0 Å². The van der Waals surface area contributed by atoms with Crippen LogP contribution < -0.4 is 10.7 Å². The third-order valence-corrected chi connectivity index (χ3v) is 3.86. The molecule has 0 aliphatic rings. The van der Waals surface area contributed by atoms with Gasteiger partial charge in [0.25, 0.3) is 0 Å². The van der Waals surface area contributed by atoms with Gasteiger partial charge in [0.2, 0.25) is 0 Å². The Hall–Kier alpha value is -3.65. The molecule has 0 aliphatic heterocycles. The number of hydrogen-bond acceptors (Lipinski definition) is 5. The van der Waals surface area contributed by atoms with E-state index in [1.54, 1.807) is 6.07 Å². The van der Waals surface area contributed by atoms with Crippen molar-refractivity contribution in [3.05, 3.63) is 78.1 Å². The number of aromatic nitrogens is 1. The molecule has 3 N–H and O–H groups in total. The summed E-state index contributed by atoms with van der Waals surface area (Å²) in [5, 5.41) is 17.0. The fourth-order valence-corrected chi connectivity index (χ4v) is 2.58. The molecule has 28 heavy (non-hydrogen) atoms. The molecule has 3 rings (SSSR count). The summed E-state index contributed by atoms with van der Waals surface area (Å²) >= 11 is 0. The second-order valence-electron chi connectivity index (χ2n) is 6.07. The van der Waals surface area contributed by atoms with Crippen molar-refractivity contribution < 1.29 is 19.2 Å². The van der Waals surface area contributed by atoms with Crippen LogP contribution in [0.1, 0.15) is 11.3 Å². The molecule has 144 valence electrons. The summed E-state index contributed by atoms with van der Waals surface area (Å²) in [5.74, 6) is -0.644. The Morgan fingerprint density at radius 3 is 2.39 bits per heavy atom. The molecule has 0 saturated heterocycles. The minimum absolute atomic E-state index is 0.0604. The van der Waals surface area contributed by atoms with E-state index in [0.29, 0.717) is 18.0 Å². The molecule has 8 nitrogen and oxygen atoms in total. The average molecular weight is 380 g/mol. The van der Waals surface area contributed by atoms with E-state index in [9.17, 15) is 9.59 Å². The molecule has 0 radical (unpaired) electrons. The largest absolute Gasteiger partial charge is 0.480 e. The number of rotatable bonds is 8. The molecule has 1 aromatic heterocycles. The lowest BCUT2D eigenvalue weighted by atomic mass is 10.1. The molecule has 3 aromatic rings. The number of hydrazine groups is 1. The van der Waals surface area contributed by atoms with E-state index >= 15 is 0 Å². The molecular formula is C20H20N4O4. The lowest BCUT2D eigenvalue weighted by molar-refractivity contribution is -0.139. The SMILES string of the molecule is O=C(O)CN(Cc1cc(-c2ccccc2)no1)NC(=O)NCc1ccccc1. The fourth-order valence-electron chi connectivity index (χ4n) is 2.58. The highest BCUT2D eigenvalue weighted by atomic mass is 16.5. The van der Waals surface area contributed by atoms with Crippen molar-refractivity contribution in [2.45, 2.75) is 13.1 Å². The second kappa shape index (κ2) is 9.33. The van der Waals surface area contributed by atoms with Crippen LogP contribution in [0, 0.1) is 0 Å². The highest BCUT2D eigenvalue weighted by Crippen LogP contribution is 2.19. The zero-order valence-corrected chi connectivity index (χ0v) is 15.0. The molecule has 0 aliphatic carbocycles. The monoisotopic (exact) mass is 380 g/mol. The molecule has 0 fully saturated rings. The lowest BCUT2D eigenvalue weighted by Crippen LogP contribution is -2.48. The number of nitrogens with zero attached hydrogens (tertiary/aromatic N) is 2. The van der Waals surface area contributed by atoms with Gasteiger partial charge >= 0.3 is 12.0 Å². The van der Waals surface area contributed by atoms with Gasteiger partial charge in [-0.1, -0.05) is 65.8 Å². The minimum atomic E-state index is -1.08. The minimum Gasteiger partial charge on any atom is -0.480 e. The van der Waals surface area contributed by atoms with Gasteiger partial charge in [0.05, 0.1) is 6.54 Å². The molecule has 2 amide bonds. The highest BCUT2D eigenvalue weighted by Gasteiger charge is 2.16. The van der Waals surface area contributed by atoms with Gasteiger partial charge in [-0.3, -0.25) is 10.2 Å². The van der Waals surface area contributed by atoms with Crippen LogP contribution in [0.25, 0.3) is 11.3 Å². The fraction of sp³-hybridized carbons (Fsp3) is 0.150. The number of urea groups is 1. The van der Waals surface area contributed by atoms with E-state index in [0.717, 1.165) is 11.1 Å². The summed E-state index contributed by atoms with van der Waals surface area (Å²) in [6.45, 7) is -0.000927. The quantitative estimate of drug-likeness (QED) is 0.519. The third kappa shape index (κ3) is 5.68. The first-order valence-electron chi connectivity index (χ1n) is 8.66. The number of benzene rings is 2. The Morgan fingerprint density at radius 1 is 1.04 bits per heavy atom. The maximum atomic E-state index is 12.1. The van der Waals surface area contributed by atoms with Gasteiger partial charge in [0.1, 0.15) is 12.2 Å². The highest BCUT2D eigenvalue weighted by molar-refractivity contribution is 5.74. The topological polar surface area (TPSA) is 108 Å². The number of amides is 2. The number of carboxylic acids is 1. The zero-order valence-electron chi connectivity index (χ0n) is 15.0. The van der Waals surface area contributed by atoms with Crippen LogP contribution in [0.2, 0.25) is 0 Å². The van der Waals surface area contributed by atoms with Crippen molar-refractivity contribution in [3.63, 3.8) is 0 Å². The smallest absolute Gasteiger partial charge is 0.329 e. The van der Waals surface area contributed by atoms with Crippen molar-refractivity contribution >= 4 is 12.0 Å². The van der Waals surface area contributed by atoms with Crippen molar-refractivity contribution in [1.82, 2.24) is 20.9 Å². The van der Waals surface area contributed by atoms with Crippen LogP contribution in [0.3, 0.4) is 0 Å². The first kappa shape index (κ1) is 19.1. The maximum Gasteiger partial charge on any atom is 0.329 e. The molecule has 0 unspecified atom stereocenters. The van der Waals surface area contributed by atoms with Crippen LogP contribution in [0.5, 0.6) is 0 Å². The van der Waals surface area contributed by atoms with Crippen molar-refractivity contribution in [3.8, 4) is 11.3 Å². The summed E-state index contributed by atoms with van der Waals surface area (Å²) in [6, 6.07) is 20.1. The second-order valence-corrected chi connectivity index (χ2v) is 6.07. The van der Waals surface area contributed by atoms with Crippen LogP contribution >= 0.6 is 0 Å². The zero-order chi connectivity index (χ0) is 19.8. The molecule has 0 atom stereocenters. The standard InChI is InChI=1S/C20H20N4O4/c25-19(26)14-24(22-20(27)21-12-15-7-3-1-4-8-15)13-17-11-18(23-28-17)16-9-5-2-6-10-16/h1-11H,12-14H2,(H,25,26)(H2,21,22,27). The molecule has 0 spiro atoms. The van der Waals surface area contributed by atoms with E-state index in [1.165, 1.54) is 5.01 Å². The molecule has 0 bridgehead atoms. The molecular weight excluding hydrogens is 360 g/mol. The van der Waals surface area contributed by atoms with E-state index in [4.69, 9.17) is 9.63 Å². The van der Waals surface area contributed by atoms with Gasteiger partial charge in [-0.15, -0.1) is 0 Å². The van der Waals surface area contributed by atoms with Gasteiger partial charge in [-0.2, -0.15) is 0 Å². The number of hydrogen-bond donors (Lipinski definition) is 3. The van der Waals surface area contributed by atoms with E-state index in [-0.39, 0.29) is 13.1 Å². The van der Waals surface area contributed by atoms with E-state index < -0.39 is 12.0 Å². The first-order chi connectivity index (χ1) is 13.6. The molecule has 1 heterocycles. The van der Waals surface area contributed by atoms with Crippen molar-refractivity contribution in [2.75, 3.05) is 6.54 Å². The Bertz CT molecular complexity index is 912. The number of carbonyl (C=O) groups excluding carboxylic acids is 1. The summed E-state index contributed by atoms with van der Waals surface area (Å²) in [5.41, 5.74) is 4.99. The van der Waals surface area contributed by atoms with Crippen LogP contribution in [0.4, 0.5) is 4.79 Å². The summed E-state index contributed by atoms with van der Waals surface area (Å²) in [4.78, 5) is 23.2. The van der Waals surface area contributed by atoms with E-state index in [1.807, 2.05) is 60.7 Å². The Balaban J connectivity index is 1.60. The number of aliphatic carboxylic acids is 1. The predicted octanol–water partition coefficient (Wildman–Crippen LogP) is 2.64. The van der Waals surface area contributed by atoms with Gasteiger partial charge < -0.3 is 14.9 Å². The Morgan fingerprint density at radius 2 is 1.71 bits per heavy atom. The summed E-state index contributed by atoms with van der Waals surface area (Å²) in [7, 11) is 0. The normalized spacial score (nSPS) is 10.6. The number of carbonyl (C=O) groups is 2. The van der Waals surface area contributed by atoms with Crippen LogP contribution in [0.15, 0.2) is 71.3 Å². The summed E-state index contributed by atoms with van der Waals surface area (Å²) < 4.78 is 5.29. The first-order valence-corrected chi connectivity index (χ1v) is 8.66. The van der Waals surface area contributed by atoms with Gasteiger partial charge in [0.15, 0.2) is 5.76 Å². The third-order valence-electron chi connectivity index (χ3n) is 3.86. The van der Waals surface area contributed by atoms with Gasteiger partial charge in [-0.25, -0.2) is 9.80 Å². The summed E-state index contributed by atoms with van der Waals surface area (Å²) in [6.07, 6.45) is 0. The van der Waals surface area contributed by atoms with Gasteiger partial charge in [0, 0.05) is 18.2 Å². The molecule has 2 aromatic carbocycles. The van der Waals surface area contributed by atoms with Crippen molar-refractivity contribution in [2.24, 2.45) is 0 Å². The van der Waals surface area contributed by atoms with E-state index in [2.05, 4.69) is 15.9 Å². The van der Waals surface area contributed by atoms with Crippen LogP contribution in [-0.4, -0.2) is 33.8 Å². The number of nitrogens with one attached hydrogen (secondary N) is 2. The lowest BCUT2D eigenvalue weighted by Gasteiger charge is -2.20. The van der Waals surface area contributed by atoms with Crippen LogP contribution in [-0.2, 0) is 17.9 Å². The maximum absolute atomic E-state index is 12.1. The van der Waals surface area contributed by atoms with Gasteiger partial charge in [-0.05, 0) is 5.56 Å². The molecule has 8 heteroatoms. The predicted molar refractivity (Wildman–Crippen MR) is 102 cm³/mol. The Kier molecular flexibility index (Phi) is 6.37. The average Bonchev–Trinajstić information content (AvgIpc) is 3.16.